The molecule has 2 amide bonds. The third kappa shape index (κ3) is 4.86. The highest BCUT2D eigenvalue weighted by Gasteiger charge is 2.18. The molecule has 1 unspecified atom stereocenters. The molecule has 1 heterocycles. The molecule has 0 radical (unpaired) electrons. The molecule has 0 aliphatic carbocycles. The molecule has 1 aromatic carbocycles. The summed E-state index contributed by atoms with van der Waals surface area (Å²) >= 11 is 0. The van der Waals surface area contributed by atoms with Gasteiger partial charge in [-0.25, -0.2) is 0 Å². The highest BCUT2D eigenvalue weighted by Crippen LogP contribution is 2.20. The molecule has 0 saturated heterocycles. The molecule has 2 rings (SSSR count). The van der Waals surface area contributed by atoms with Crippen LogP contribution in [0.5, 0.6) is 0 Å². The average Bonchev–Trinajstić information content (AvgIpc) is 3.11. The third-order valence-electron chi connectivity index (χ3n) is 3.92. The Morgan fingerprint density at radius 1 is 1.12 bits per heavy atom. The molecule has 25 heavy (non-hydrogen) atoms. The first kappa shape index (κ1) is 18.6. The molecule has 0 aliphatic rings. The third-order valence-corrected chi connectivity index (χ3v) is 3.92. The van der Waals surface area contributed by atoms with Crippen LogP contribution in [0.4, 0.5) is 11.4 Å². The monoisotopic (exact) mass is 343 g/mol. The summed E-state index contributed by atoms with van der Waals surface area (Å²) in [6.07, 6.45) is 1.41. The number of anilines is 2. The van der Waals surface area contributed by atoms with E-state index in [1.165, 1.54) is 6.26 Å². The maximum atomic E-state index is 12.2. The zero-order chi connectivity index (χ0) is 18.4. The van der Waals surface area contributed by atoms with Crippen LogP contribution < -0.4 is 15.5 Å². The van der Waals surface area contributed by atoms with E-state index in [1.54, 1.807) is 19.1 Å². The van der Waals surface area contributed by atoms with Gasteiger partial charge in [0, 0.05) is 24.0 Å². The molecule has 1 aromatic heterocycles. The van der Waals surface area contributed by atoms with Crippen molar-refractivity contribution in [1.29, 1.82) is 0 Å². The highest BCUT2D eigenvalue weighted by molar-refractivity contribution is 5.99. The largest absolute Gasteiger partial charge is 0.459 e. The van der Waals surface area contributed by atoms with Crippen LogP contribution in [0, 0.1) is 0 Å². The van der Waals surface area contributed by atoms with Gasteiger partial charge in [-0.2, -0.15) is 0 Å². The van der Waals surface area contributed by atoms with E-state index in [4.69, 9.17) is 4.42 Å². The van der Waals surface area contributed by atoms with Crippen LogP contribution >= 0.6 is 0 Å². The zero-order valence-electron chi connectivity index (χ0n) is 15.1. The second-order valence-corrected chi connectivity index (χ2v) is 6.09. The van der Waals surface area contributed by atoms with Crippen LogP contribution in [-0.2, 0) is 4.79 Å². The van der Waals surface area contributed by atoms with Crippen molar-refractivity contribution >= 4 is 23.2 Å². The SMILES string of the molecule is CCN(c1ccc(NC(=O)C(C)NC(=O)c2ccco2)cc1)C(C)C. The molecule has 0 fully saturated rings. The standard InChI is InChI=1S/C19H25N3O3/c1-5-22(13(2)3)16-10-8-15(9-11-16)21-18(23)14(4)20-19(24)17-7-6-12-25-17/h6-14H,5H2,1-4H3,(H,20,24)(H,21,23). The van der Waals surface area contributed by atoms with E-state index < -0.39 is 11.9 Å². The van der Waals surface area contributed by atoms with E-state index in [1.807, 2.05) is 24.3 Å². The van der Waals surface area contributed by atoms with Gasteiger partial charge in [-0.3, -0.25) is 9.59 Å². The minimum absolute atomic E-state index is 0.178. The molecule has 2 N–H and O–H groups in total. The molecule has 0 saturated carbocycles. The predicted octanol–water partition coefficient (Wildman–Crippen LogP) is 3.27. The van der Waals surface area contributed by atoms with Gasteiger partial charge in [0.15, 0.2) is 5.76 Å². The number of carbonyl (C=O) groups is 2. The Bertz CT molecular complexity index is 693. The topological polar surface area (TPSA) is 74.6 Å². The van der Waals surface area contributed by atoms with Crippen molar-refractivity contribution in [3.63, 3.8) is 0 Å². The quantitative estimate of drug-likeness (QED) is 0.809. The highest BCUT2D eigenvalue weighted by atomic mass is 16.3. The van der Waals surface area contributed by atoms with Crippen LogP contribution in [0.15, 0.2) is 47.1 Å². The van der Waals surface area contributed by atoms with Gasteiger partial charge in [0.1, 0.15) is 6.04 Å². The van der Waals surface area contributed by atoms with Crippen molar-refractivity contribution in [3.8, 4) is 0 Å². The van der Waals surface area contributed by atoms with Gasteiger partial charge < -0.3 is 20.0 Å². The number of carbonyl (C=O) groups excluding carboxylic acids is 2. The van der Waals surface area contributed by atoms with Gasteiger partial charge in [0.05, 0.1) is 6.26 Å². The summed E-state index contributed by atoms with van der Waals surface area (Å²) in [7, 11) is 0. The molecule has 0 aliphatic heterocycles. The van der Waals surface area contributed by atoms with E-state index in [0.717, 1.165) is 12.2 Å². The fourth-order valence-electron chi connectivity index (χ4n) is 2.57. The van der Waals surface area contributed by atoms with Crippen molar-refractivity contribution in [3.05, 3.63) is 48.4 Å². The summed E-state index contributed by atoms with van der Waals surface area (Å²) in [5.41, 5.74) is 1.79. The predicted molar refractivity (Wildman–Crippen MR) is 98.9 cm³/mol. The minimum Gasteiger partial charge on any atom is -0.459 e. The van der Waals surface area contributed by atoms with Crippen molar-refractivity contribution in [2.45, 2.75) is 39.8 Å². The van der Waals surface area contributed by atoms with Crippen LogP contribution in [0.1, 0.15) is 38.2 Å². The summed E-state index contributed by atoms with van der Waals surface area (Å²) in [5.74, 6) is -0.528. The van der Waals surface area contributed by atoms with E-state index in [2.05, 4.69) is 36.3 Å². The number of furan rings is 1. The number of nitrogens with one attached hydrogen (secondary N) is 2. The van der Waals surface area contributed by atoms with Crippen molar-refractivity contribution < 1.29 is 14.0 Å². The van der Waals surface area contributed by atoms with Gasteiger partial charge in [0.2, 0.25) is 5.91 Å². The summed E-state index contributed by atoms with van der Waals surface area (Å²) in [4.78, 5) is 26.4. The summed E-state index contributed by atoms with van der Waals surface area (Å²) < 4.78 is 5.01. The lowest BCUT2D eigenvalue weighted by Gasteiger charge is -2.27. The average molecular weight is 343 g/mol. The zero-order valence-corrected chi connectivity index (χ0v) is 15.1. The van der Waals surface area contributed by atoms with E-state index in [-0.39, 0.29) is 11.7 Å². The molecule has 1 atom stereocenters. The van der Waals surface area contributed by atoms with Crippen LogP contribution in [-0.4, -0.2) is 30.4 Å². The smallest absolute Gasteiger partial charge is 0.287 e. The molecule has 0 bridgehead atoms. The number of nitrogens with zero attached hydrogens (tertiary/aromatic N) is 1. The lowest BCUT2D eigenvalue weighted by Crippen LogP contribution is -2.41. The van der Waals surface area contributed by atoms with Gasteiger partial charge in [-0.15, -0.1) is 0 Å². The van der Waals surface area contributed by atoms with Crippen molar-refractivity contribution in [1.82, 2.24) is 5.32 Å². The Balaban J connectivity index is 1.94. The van der Waals surface area contributed by atoms with Gasteiger partial charge in [-0.1, -0.05) is 0 Å². The van der Waals surface area contributed by atoms with E-state index >= 15 is 0 Å². The maximum absolute atomic E-state index is 12.2. The number of rotatable bonds is 7. The summed E-state index contributed by atoms with van der Waals surface area (Å²) in [6, 6.07) is 10.6. The first-order valence-corrected chi connectivity index (χ1v) is 8.44. The minimum atomic E-state index is -0.680. The number of amides is 2. The normalized spacial score (nSPS) is 11.9. The fourth-order valence-corrected chi connectivity index (χ4v) is 2.57. The molecule has 6 heteroatoms. The molecule has 134 valence electrons. The number of hydrogen-bond donors (Lipinski definition) is 2. The second-order valence-electron chi connectivity index (χ2n) is 6.09. The molecular weight excluding hydrogens is 318 g/mol. The number of hydrogen-bond acceptors (Lipinski definition) is 4. The lowest BCUT2D eigenvalue weighted by atomic mass is 10.2. The van der Waals surface area contributed by atoms with E-state index in [0.29, 0.717) is 11.7 Å². The second kappa shape index (κ2) is 8.37. The van der Waals surface area contributed by atoms with Gasteiger partial charge in [0.25, 0.3) is 5.91 Å². The first-order chi connectivity index (χ1) is 11.9. The molecular formula is C19H25N3O3. The Labute approximate surface area is 148 Å². The fraction of sp³-hybridized carbons (Fsp3) is 0.368. The summed E-state index contributed by atoms with van der Waals surface area (Å²) in [6.45, 7) is 8.94. The van der Waals surface area contributed by atoms with Crippen molar-refractivity contribution in [2.24, 2.45) is 0 Å². The van der Waals surface area contributed by atoms with E-state index in [9.17, 15) is 9.59 Å². The Morgan fingerprint density at radius 3 is 2.32 bits per heavy atom. The number of benzene rings is 1. The first-order valence-electron chi connectivity index (χ1n) is 8.44. The molecule has 6 nitrogen and oxygen atoms in total. The Hall–Kier alpha value is -2.76. The Kier molecular flexibility index (Phi) is 6.22. The lowest BCUT2D eigenvalue weighted by molar-refractivity contribution is -0.117. The van der Waals surface area contributed by atoms with Crippen LogP contribution in [0.2, 0.25) is 0 Å². The van der Waals surface area contributed by atoms with Gasteiger partial charge >= 0.3 is 0 Å². The molecule has 0 spiro atoms. The maximum Gasteiger partial charge on any atom is 0.287 e. The Morgan fingerprint density at radius 2 is 1.80 bits per heavy atom. The van der Waals surface area contributed by atoms with Crippen LogP contribution in [0.3, 0.4) is 0 Å². The molecule has 2 aromatic rings. The van der Waals surface area contributed by atoms with Crippen molar-refractivity contribution in [2.75, 3.05) is 16.8 Å². The van der Waals surface area contributed by atoms with Crippen LogP contribution in [0.25, 0.3) is 0 Å². The summed E-state index contributed by atoms with van der Waals surface area (Å²) in [5, 5.41) is 5.41. The van der Waals surface area contributed by atoms with Gasteiger partial charge in [-0.05, 0) is 64.1 Å².